The van der Waals surface area contributed by atoms with E-state index in [1.165, 1.54) is 35.8 Å². The van der Waals surface area contributed by atoms with E-state index >= 15 is 0 Å². The Morgan fingerprint density at radius 1 is 0.844 bits per heavy atom. The number of aliphatic imine (C=N–C) groups is 1. The Labute approximate surface area is 455 Å². The number of benzene rings is 5. The lowest BCUT2D eigenvalue weighted by Crippen LogP contribution is -2.41. The van der Waals surface area contributed by atoms with Gasteiger partial charge in [-0.05, 0) is 104 Å². The molecule has 7 N–H and O–H groups in total. The molecule has 0 radical (unpaired) electrons. The molecule has 0 saturated heterocycles. The van der Waals surface area contributed by atoms with E-state index in [4.69, 9.17) is 29.8 Å². The van der Waals surface area contributed by atoms with Crippen LogP contribution in [0.4, 0.5) is 28.4 Å². The fraction of sp³-hybridized carbons (Fsp3) is 0.364. The highest BCUT2D eigenvalue weighted by atomic mass is 33.1. The molecule has 1 unspecified atom stereocenters. The topological polar surface area (TPSA) is 253 Å². The normalized spacial score (nSPS) is 16.6. The van der Waals surface area contributed by atoms with Gasteiger partial charge in [0.1, 0.15) is 13.2 Å². The molecule has 0 aliphatic carbocycles. The maximum Gasteiger partial charge on any atom is 0.276 e. The number of hydrogen-bond donors (Lipinski definition) is 6. The van der Waals surface area contributed by atoms with Gasteiger partial charge >= 0.3 is 0 Å². The maximum absolute atomic E-state index is 14.1. The fourth-order valence-electron chi connectivity index (χ4n) is 9.89. The van der Waals surface area contributed by atoms with E-state index in [0.717, 1.165) is 28.9 Å². The number of fused-ring (bicyclic) bond motifs is 8. The minimum Gasteiger partial charge on any atom is -0.493 e. The first-order valence-corrected chi connectivity index (χ1v) is 29.1. The highest BCUT2D eigenvalue weighted by molar-refractivity contribution is 8.77. The van der Waals surface area contributed by atoms with Crippen LogP contribution >= 0.6 is 21.6 Å². The molecule has 0 bridgehead atoms. The molecule has 19 nitrogen and oxygen atoms in total. The van der Waals surface area contributed by atoms with E-state index in [0.29, 0.717) is 94.7 Å². The number of anilines is 4. The largest absolute Gasteiger partial charge is 0.493 e. The van der Waals surface area contributed by atoms with Gasteiger partial charge in [-0.25, -0.2) is 0 Å². The number of carbonyl (C=O) groups is 4. The average molecular weight is 1110 g/mol. The Bertz CT molecular complexity index is 3210. The van der Waals surface area contributed by atoms with Crippen molar-refractivity contribution in [3.05, 3.63) is 124 Å². The molecule has 4 heterocycles. The van der Waals surface area contributed by atoms with E-state index < -0.39 is 26.0 Å². The standard InChI is InChI=1S/C55H62N8O11S3/c1-55(2,76-75-19-15-50(77(68,69)70)52(65)57-17-9-18-60-56)16-14-51(64)61-37-21-33(31-73-48-27-42-40(25-46(48)71-3)53(66)62-38(29-58-42)23-35-10-5-7-12-44(35)62)20-34(22-37)32-74-49-28-43-41(26-47(49)72-4)54(67)63-39(30-59-43)24-36-11-6-8-13-45(36)63/h5-8,10-13,20-22,25-29,38-39,50,59-60H,9,14-19,23-24,30-32,56H2,1-4H3,(H,57,65)(H,61,64)(H,68,69,70)/t38-,39-,50?/m0/s1. The van der Waals surface area contributed by atoms with Crippen molar-refractivity contribution in [2.24, 2.45) is 10.8 Å². The second-order valence-corrected chi connectivity index (χ2v) is 24.4. The molecular formula is C55H62N8O11S3. The highest BCUT2D eigenvalue weighted by Crippen LogP contribution is 2.44. The minimum absolute atomic E-state index is 0.0212. The number of nitrogens with zero attached hydrogens (tertiary/aromatic N) is 3. The number of hydrazine groups is 1. The quantitative estimate of drug-likeness (QED) is 0.0121. The summed E-state index contributed by atoms with van der Waals surface area (Å²) < 4.78 is 58.0. The van der Waals surface area contributed by atoms with Crippen molar-refractivity contribution in [1.82, 2.24) is 10.7 Å². The van der Waals surface area contributed by atoms with Crippen molar-refractivity contribution in [1.29, 1.82) is 0 Å². The van der Waals surface area contributed by atoms with Crippen LogP contribution in [0, 0.1) is 0 Å². The third-order valence-electron chi connectivity index (χ3n) is 13.8. The number of para-hydroxylation sites is 2. The van der Waals surface area contributed by atoms with Crippen LogP contribution in [-0.4, -0.2) is 105 Å². The van der Waals surface area contributed by atoms with Gasteiger partial charge in [0.25, 0.3) is 21.9 Å². The van der Waals surface area contributed by atoms with Crippen LogP contribution in [0.1, 0.15) is 82.5 Å². The fourth-order valence-corrected chi connectivity index (χ4v) is 13.5. The highest BCUT2D eigenvalue weighted by Gasteiger charge is 2.39. The van der Waals surface area contributed by atoms with Gasteiger partial charge in [-0.2, -0.15) is 8.42 Å². The minimum atomic E-state index is -4.64. The lowest BCUT2D eigenvalue weighted by molar-refractivity contribution is -0.120. The molecule has 0 spiro atoms. The van der Waals surface area contributed by atoms with E-state index in [9.17, 15) is 32.1 Å². The molecule has 77 heavy (non-hydrogen) atoms. The van der Waals surface area contributed by atoms with Gasteiger partial charge in [-0.15, -0.1) is 0 Å². The summed E-state index contributed by atoms with van der Waals surface area (Å²) in [6.45, 7) is 5.15. The van der Waals surface area contributed by atoms with Gasteiger partial charge in [-0.1, -0.05) is 58.0 Å². The van der Waals surface area contributed by atoms with Crippen molar-refractivity contribution in [3.63, 3.8) is 0 Å². The molecule has 4 aliphatic rings. The van der Waals surface area contributed by atoms with Crippen LogP contribution in [0.25, 0.3) is 0 Å². The van der Waals surface area contributed by atoms with Gasteiger partial charge in [0.15, 0.2) is 28.2 Å². The molecule has 4 amide bonds. The number of methoxy groups -OCH3 is 2. The second kappa shape index (κ2) is 23.8. The summed E-state index contributed by atoms with van der Waals surface area (Å²) in [6.07, 6.45) is 4.14. The number of carbonyl (C=O) groups excluding carboxylic acids is 4. The molecule has 0 fully saturated rings. The summed E-state index contributed by atoms with van der Waals surface area (Å²) in [4.78, 5) is 63.0. The van der Waals surface area contributed by atoms with Crippen molar-refractivity contribution in [2.75, 3.05) is 60.0 Å². The van der Waals surface area contributed by atoms with E-state index in [1.54, 1.807) is 41.4 Å². The monoisotopic (exact) mass is 1110 g/mol. The van der Waals surface area contributed by atoms with Crippen LogP contribution in [0.2, 0.25) is 0 Å². The molecule has 9 rings (SSSR count). The Kier molecular flexibility index (Phi) is 17.0. The lowest BCUT2D eigenvalue weighted by atomic mass is 10.1. The molecular weight excluding hydrogens is 1040 g/mol. The molecule has 3 atom stereocenters. The van der Waals surface area contributed by atoms with Gasteiger partial charge in [0, 0.05) is 78.4 Å². The number of nitrogens with two attached hydrogens (primary N) is 1. The van der Waals surface area contributed by atoms with E-state index in [1.807, 2.05) is 73.3 Å². The van der Waals surface area contributed by atoms with Crippen LogP contribution in [0.3, 0.4) is 0 Å². The zero-order valence-electron chi connectivity index (χ0n) is 43.1. The van der Waals surface area contributed by atoms with Crippen molar-refractivity contribution in [2.45, 2.75) is 87.7 Å². The zero-order chi connectivity index (χ0) is 54.4. The number of nitrogens with one attached hydrogen (secondary N) is 4. The summed E-state index contributed by atoms with van der Waals surface area (Å²) in [5.74, 6) is 5.62. The molecule has 4 aliphatic heterocycles. The maximum atomic E-state index is 14.1. The SMILES string of the molecule is COc1cc2c(cc1OCc1cc(COc3cc4c(cc3OC)C(=O)N3c5ccccc5C[C@H]3CN4)cc(NC(=O)CCC(C)(C)SSCCC(C(=O)NCCCNN)S(=O)(=O)O)c1)N=C[C@@H]1Cc3ccccc3N1C2=O. The Hall–Kier alpha value is -6.82. The predicted octanol–water partition coefficient (Wildman–Crippen LogP) is 7.64. The Balaban J connectivity index is 0.904. The van der Waals surface area contributed by atoms with Crippen molar-refractivity contribution < 1.29 is 51.1 Å². The number of amides is 4. The lowest BCUT2D eigenvalue weighted by Gasteiger charge is -2.23. The molecule has 5 aromatic carbocycles. The first kappa shape index (κ1) is 55.0. The molecule has 406 valence electrons. The number of hydrogen-bond acceptors (Lipinski definition) is 16. The Morgan fingerprint density at radius 3 is 2.16 bits per heavy atom. The first-order chi connectivity index (χ1) is 37.0. The molecule has 0 aromatic heterocycles. The van der Waals surface area contributed by atoms with Crippen LogP contribution in [-0.2, 0) is 45.8 Å². The summed E-state index contributed by atoms with van der Waals surface area (Å²) in [5.41, 5.74) is 10.2. The van der Waals surface area contributed by atoms with E-state index in [-0.39, 0.29) is 68.2 Å². The number of ether oxygens (including phenoxy) is 4. The van der Waals surface area contributed by atoms with Crippen molar-refractivity contribution in [3.8, 4) is 23.0 Å². The summed E-state index contributed by atoms with van der Waals surface area (Å²) in [6, 6.07) is 27.8. The second-order valence-electron chi connectivity index (χ2n) is 19.7. The third kappa shape index (κ3) is 12.6. The van der Waals surface area contributed by atoms with Gasteiger partial charge in [0.05, 0.1) is 48.8 Å². The van der Waals surface area contributed by atoms with Gasteiger partial charge in [0.2, 0.25) is 11.8 Å². The average Bonchev–Trinajstić information content (AvgIpc) is 3.92. The number of rotatable bonds is 23. The van der Waals surface area contributed by atoms with Crippen LogP contribution < -0.4 is 56.0 Å². The summed E-state index contributed by atoms with van der Waals surface area (Å²) >= 11 is 0. The van der Waals surface area contributed by atoms with Crippen molar-refractivity contribution >= 4 is 90.0 Å². The molecule has 0 saturated carbocycles. The Morgan fingerprint density at radius 2 is 1.48 bits per heavy atom. The predicted molar refractivity (Wildman–Crippen MR) is 301 cm³/mol. The smallest absolute Gasteiger partial charge is 0.276 e. The third-order valence-corrected chi connectivity index (χ3v) is 18.3. The van der Waals surface area contributed by atoms with Gasteiger partial charge in [-0.3, -0.25) is 44.9 Å². The van der Waals surface area contributed by atoms with Crippen LogP contribution in [0.5, 0.6) is 23.0 Å². The van der Waals surface area contributed by atoms with Gasteiger partial charge < -0.3 is 39.8 Å². The zero-order valence-corrected chi connectivity index (χ0v) is 45.6. The van der Waals surface area contributed by atoms with Crippen LogP contribution in [0.15, 0.2) is 96.0 Å². The van der Waals surface area contributed by atoms with E-state index in [2.05, 4.69) is 27.4 Å². The molecule has 5 aromatic rings. The summed E-state index contributed by atoms with van der Waals surface area (Å²) in [7, 11) is 1.20. The summed E-state index contributed by atoms with van der Waals surface area (Å²) in [5, 5.41) is 7.45. The molecule has 22 heteroatoms. The first-order valence-electron chi connectivity index (χ1n) is 25.3.